The fraction of sp³-hybridized carbons (Fsp3) is 0. The number of aromatic nitrogens is 1. The molecule has 17 heavy (non-hydrogen) atoms. The van der Waals surface area contributed by atoms with Crippen molar-refractivity contribution >= 4 is 28.4 Å². The number of rotatable bonds is 4. The van der Waals surface area contributed by atoms with Crippen LogP contribution in [-0.2, 0) is 0 Å². The van der Waals surface area contributed by atoms with Gasteiger partial charge >= 0.3 is 0 Å². The van der Waals surface area contributed by atoms with Crippen LogP contribution in [0.25, 0.3) is 0 Å². The molecule has 0 amide bonds. The largest absolute Gasteiger partial charge is 0.269 e. The van der Waals surface area contributed by atoms with Crippen LogP contribution in [0.5, 0.6) is 0 Å². The van der Waals surface area contributed by atoms with Crippen LogP contribution in [0, 0.1) is 10.1 Å². The Balaban J connectivity index is 1.99. The second-order valence-electron chi connectivity index (χ2n) is 3.06. The lowest BCUT2D eigenvalue weighted by atomic mass is 10.2. The van der Waals surface area contributed by atoms with Gasteiger partial charge in [-0.15, -0.1) is 11.3 Å². The number of hydrogen-bond acceptors (Lipinski definition) is 6. The molecule has 0 atom stereocenters. The maximum absolute atomic E-state index is 10.4. The predicted molar refractivity (Wildman–Crippen MR) is 66.4 cm³/mol. The van der Waals surface area contributed by atoms with Crippen LogP contribution < -0.4 is 5.43 Å². The van der Waals surface area contributed by atoms with Gasteiger partial charge in [0.25, 0.3) is 5.69 Å². The molecule has 0 spiro atoms. The van der Waals surface area contributed by atoms with E-state index in [0.29, 0.717) is 5.13 Å². The van der Waals surface area contributed by atoms with Crippen LogP contribution in [0.4, 0.5) is 10.8 Å². The van der Waals surface area contributed by atoms with Crippen LogP contribution in [0.15, 0.2) is 40.9 Å². The summed E-state index contributed by atoms with van der Waals surface area (Å²) < 4.78 is 0. The van der Waals surface area contributed by atoms with Gasteiger partial charge in [-0.1, -0.05) is 0 Å². The zero-order valence-corrected chi connectivity index (χ0v) is 9.42. The van der Waals surface area contributed by atoms with Crippen molar-refractivity contribution in [2.75, 3.05) is 5.43 Å². The minimum Gasteiger partial charge on any atom is -0.258 e. The van der Waals surface area contributed by atoms with E-state index in [-0.39, 0.29) is 5.69 Å². The van der Waals surface area contributed by atoms with Crippen LogP contribution >= 0.6 is 11.3 Å². The molecule has 0 aliphatic rings. The van der Waals surface area contributed by atoms with E-state index in [9.17, 15) is 10.1 Å². The third-order valence-corrected chi connectivity index (χ3v) is 2.59. The summed E-state index contributed by atoms with van der Waals surface area (Å²) in [4.78, 5) is 14.0. The summed E-state index contributed by atoms with van der Waals surface area (Å²) in [5.74, 6) is 0. The molecule has 1 aromatic carbocycles. The van der Waals surface area contributed by atoms with E-state index in [1.54, 1.807) is 24.5 Å². The predicted octanol–water partition coefficient (Wildman–Crippen LogP) is 2.50. The first-order valence-electron chi connectivity index (χ1n) is 4.69. The molecule has 2 rings (SSSR count). The summed E-state index contributed by atoms with van der Waals surface area (Å²) in [5.41, 5.74) is 3.60. The lowest BCUT2D eigenvalue weighted by molar-refractivity contribution is -0.384. The maximum atomic E-state index is 10.4. The van der Waals surface area contributed by atoms with E-state index in [4.69, 9.17) is 0 Å². The molecule has 2 aromatic rings. The van der Waals surface area contributed by atoms with Crippen molar-refractivity contribution in [1.82, 2.24) is 4.98 Å². The van der Waals surface area contributed by atoms with Crippen molar-refractivity contribution in [3.8, 4) is 0 Å². The Morgan fingerprint density at radius 1 is 1.41 bits per heavy atom. The van der Waals surface area contributed by atoms with Gasteiger partial charge in [0.05, 0.1) is 11.1 Å². The summed E-state index contributed by atoms with van der Waals surface area (Å²) in [6.07, 6.45) is 3.25. The standard InChI is InChI=1S/C10H8N4O2S/c15-14(16)9-3-1-8(2-4-9)7-12-13-10-11-5-6-17-10/h1-7H,(H,11,13)/b12-7-. The number of anilines is 1. The topological polar surface area (TPSA) is 80.4 Å². The molecule has 1 aromatic heterocycles. The quantitative estimate of drug-likeness (QED) is 0.512. The lowest BCUT2D eigenvalue weighted by Crippen LogP contribution is -1.91. The SMILES string of the molecule is O=[N+]([O-])c1ccc(/C=N\Nc2nccs2)cc1. The molecule has 0 unspecified atom stereocenters. The van der Waals surface area contributed by atoms with Gasteiger partial charge in [0.2, 0.25) is 5.13 Å². The van der Waals surface area contributed by atoms with Gasteiger partial charge in [0.15, 0.2) is 0 Å². The number of nitro groups is 1. The highest BCUT2D eigenvalue weighted by molar-refractivity contribution is 7.13. The van der Waals surface area contributed by atoms with E-state index in [0.717, 1.165) is 5.56 Å². The second kappa shape index (κ2) is 5.17. The molecule has 0 saturated heterocycles. The molecule has 0 aliphatic heterocycles. The van der Waals surface area contributed by atoms with Gasteiger partial charge in [-0.3, -0.25) is 15.5 Å². The third kappa shape index (κ3) is 3.08. The van der Waals surface area contributed by atoms with E-state index < -0.39 is 4.92 Å². The Bertz CT molecular complexity index is 522. The molecule has 7 heteroatoms. The van der Waals surface area contributed by atoms with E-state index in [2.05, 4.69) is 15.5 Å². The molecule has 6 nitrogen and oxygen atoms in total. The molecular weight excluding hydrogens is 240 g/mol. The summed E-state index contributed by atoms with van der Waals surface area (Å²) in [6, 6.07) is 6.13. The molecule has 0 bridgehead atoms. The third-order valence-electron chi connectivity index (χ3n) is 1.91. The van der Waals surface area contributed by atoms with E-state index in [1.807, 2.05) is 5.38 Å². The fourth-order valence-corrected chi connectivity index (χ4v) is 1.60. The first-order valence-corrected chi connectivity index (χ1v) is 5.57. The maximum Gasteiger partial charge on any atom is 0.269 e. The summed E-state index contributed by atoms with van der Waals surface area (Å²) in [5, 5.41) is 16.9. The molecule has 0 saturated carbocycles. The average Bonchev–Trinajstić information content (AvgIpc) is 2.83. The molecule has 0 aliphatic carbocycles. The van der Waals surface area contributed by atoms with Crippen molar-refractivity contribution in [2.24, 2.45) is 5.10 Å². The number of hydrogen-bond donors (Lipinski definition) is 1. The Labute approximate surface area is 101 Å². The van der Waals surface area contributed by atoms with Crippen molar-refractivity contribution in [3.05, 3.63) is 51.5 Å². The highest BCUT2D eigenvalue weighted by Crippen LogP contribution is 2.11. The van der Waals surface area contributed by atoms with Crippen LogP contribution in [0.3, 0.4) is 0 Å². The van der Waals surface area contributed by atoms with Gasteiger partial charge in [0.1, 0.15) is 0 Å². The highest BCUT2D eigenvalue weighted by atomic mass is 32.1. The number of nitrogens with zero attached hydrogens (tertiary/aromatic N) is 3. The van der Waals surface area contributed by atoms with Crippen LogP contribution in [0.2, 0.25) is 0 Å². The van der Waals surface area contributed by atoms with Gasteiger partial charge in [-0.25, -0.2) is 4.98 Å². The number of nitro benzene ring substituents is 1. The summed E-state index contributed by atoms with van der Waals surface area (Å²) in [6.45, 7) is 0. The minimum atomic E-state index is -0.436. The number of non-ortho nitro benzene ring substituents is 1. The molecule has 0 fully saturated rings. The number of thiazole rings is 1. The first kappa shape index (κ1) is 11.2. The molecule has 1 N–H and O–H groups in total. The van der Waals surface area contributed by atoms with Crippen molar-refractivity contribution in [3.63, 3.8) is 0 Å². The number of hydrazone groups is 1. The zero-order valence-electron chi connectivity index (χ0n) is 8.61. The second-order valence-corrected chi connectivity index (χ2v) is 3.95. The normalized spacial score (nSPS) is 10.6. The van der Waals surface area contributed by atoms with Crippen molar-refractivity contribution in [2.45, 2.75) is 0 Å². The van der Waals surface area contributed by atoms with Gasteiger partial charge in [-0.05, 0) is 17.7 Å². The molecular formula is C10H8N4O2S. The average molecular weight is 248 g/mol. The number of nitrogens with one attached hydrogen (secondary N) is 1. The van der Waals surface area contributed by atoms with Gasteiger partial charge < -0.3 is 0 Å². The summed E-state index contributed by atoms with van der Waals surface area (Å²) >= 11 is 1.44. The smallest absolute Gasteiger partial charge is 0.258 e. The first-order chi connectivity index (χ1) is 8.25. The Morgan fingerprint density at radius 2 is 2.18 bits per heavy atom. The van der Waals surface area contributed by atoms with E-state index >= 15 is 0 Å². The molecule has 86 valence electrons. The summed E-state index contributed by atoms with van der Waals surface area (Å²) in [7, 11) is 0. The Hall–Kier alpha value is -2.28. The Morgan fingerprint density at radius 3 is 2.76 bits per heavy atom. The van der Waals surface area contributed by atoms with Gasteiger partial charge in [-0.2, -0.15) is 5.10 Å². The van der Waals surface area contributed by atoms with Gasteiger partial charge in [0, 0.05) is 23.7 Å². The minimum absolute atomic E-state index is 0.0648. The highest BCUT2D eigenvalue weighted by Gasteiger charge is 2.02. The van der Waals surface area contributed by atoms with Crippen LogP contribution in [-0.4, -0.2) is 16.1 Å². The fourth-order valence-electron chi connectivity index (χ4n) is 1.12. The van der Waals surface area contributed by atoms with Crippen molar-refractivity contribution < 1.29 is 4.92 Å². The Kier molecular flexibility index (Phi) is 3.41. The monoisotopic (exact) mass is 248 g/mol. The number of benzene rings is 1. The zero-order chi connectivity index (χ0) is 12.1. The lowest BCUT2D eigenvalue weighted by Gasteiger charge is -1.94. The van der Waals surface area contributed by atoms with Crippen molar-refractivity contribution in [1.29, 1.82) is 0 Å². The molecule has 1 heterocycles. The van der Waals surface area contributed by atoms with E-state index in [1.165, 1.54) is 23.5 Å². The molecule has 0 radical (unpaired) electrons. The van der Waals surface area contributed by atoms with Crippen LogP contribution in [0.1, 0.15) is 5.56 Å².